The lowest BCUT2D eigenvalue weighted by atomic mass is 10.2. The molecule has 0 aliphatic rings. The van der Waals surface area contributed by atoms with Crippen LogP contribution in [0.4, 0.5) is 0 Å². The van der Waals surface area contributed by atoms with E-state index in [2.05, 4.69) is 44.0 Å². The minimum absolute atomic E-state index is 0.702. The van der Waals surface area contributed by atoms with Gasteiger partial charge in [0.2, 0.25) is 0 Å². The van der Waals surface area contributed by atoms with Crippen LogP contribution in [0.25, 0.3) is 0 Å². The quantitative estimate of drug-likeness (QED) is 0.885. The third-order valence-electron chi connectivity index (χ3n) is 1.42. The monoisotopic (exact) mass is 277 g/mol. The lowest BCUT2D eigenvalue weighted by Gasteiger charge is -2.00. The topological polar surface area (TPSA) is 26.0 Å². The van der Waals surface area contributed by atoms with Crippen LogP contribution in [0.2, 0.25) is 0 Å². The zero-order chi connectivity index (χ0) is 8.27. The van der Waals surface area contributed by atoms with Crippen LogP contribution >= 0.6 is 31.9 Å². The second kappa shape index (κ2) is 4.24. The van der Waals surface area contributed by atoms with Crippen molar-refractivity contribution in [3.05, 3.63) is 32.7 Å². The van der Waals surface area contributed by atoms with E-state index in [0.717, 1.165) is 15.4 Å². The molecule has 0 spiro atoms. The van der Waals surface area contributed by atoms with Gasteiger partial charge in [0.15, 0.2) is 0 Å². The first-order chi connectivity index (χ1) is 5.24. The van der Waals surface area contributed by atoms with Crippen molar-refractivity contribution < 1.29 is 0 Å². The molecule has 1 rings (SSSR count). The van der Waals surface area contributed by atoms with Gasteiger partial charge in [-0.3, -0.25) is 0 Å². The summed E-state index contributed by atoms with van der Waals surface area (Å²) < 4.78 is 2.17. The van der Waals surface area contributed by atoms with Crippen molar-refractivity contribution >= 4 is 31.9 Å². The maximum absolute atomic E-state index is 5.42. The average molecular weight is 279 g/mol. The van der Waals surface area contributed by atoms with Crippen molar-refractivity contribution in [2.24, 2.45) is 5.73 Å². The molecule has 0 bridgehead atoms. The Morgan fingerprint density at radius 1 is 1.18 bits per heavy atom. The van der Waals surface area contributed by atoms with E-state index < -0.39 is 0 Å². The molecular weight excluding hydrogens is 270 g/mol. The summed E-state index contributed by atoms with van der Waals surface area (Å²) >= 11 is 6.83. The van der Waals surface area contributed by atoms with Crippen LogP contribution in [0.15, 0.2) is 27.1 Å². The zero-order valence-corrected chi connectivity index (χ0v) is 9.15. The Kier molecular flexibility index (Phi) is 3.55. The molecule has 11 heavy (non-hydrogen) atoms. The van der Waals surface area contributed by atoms with Gasteiger partial charge in [-0.2, -0.15) is 0 Å². The highest BCUT2D eigenvalue weighted by molar-refractivity contribution is 9.13. The highest BCUT2D eigenvalue weighted by Gasteiger charge is 1.96. The van der Waals surface area contributed by atoms with Crippen molar-refractivity contribution in [1.29, 1.82) is 0 Å². The third-order valence-corrected chi connectivity index (χ3v) is 3.30. The van der Waals surface area contributed by atoms with E-state index in [4.69, 9.17) is 5.73 Å². The smallest absolute Gasteiger partial charge is 0.0320 e. The summed E-state index contributed by atoms with van der Waals surface area (Å²) in [5.74, 6) is 0. The summed E-state index contributed by atoms with van der Waals surface area (Å²) in [6.07, 6.45) is 0.936. The van der Waals surface area contributed by atoms with Gasteiger partial charge in [-0.05, 0) is 62.5 Å². The first-order valence-electron chi connectivity index (χ1n) is 3.38. The molecule has 0 amide bonds. The molecule has 0 aliphatic heterocycles. The van der Waals surface area contributed by atoms with Crippen LogP contribution in [-0.4, -0.2) is 6.54 Å². The van der Waals surface area contributed by atoms with E-state index in [-0.39, 0.29) is 0 Å². The van der Waals surface area contributed by atoms with Crippen molar-refractivity contribution in [2.45, 2.75) is 6.42 Å². The van der Waals surface area contributed by atoms with E-state index >= 15 is 0 Å². The average Bonchev–Trinajstić information content (AvgIpc) is 1.98. The number of hydrogen-bond donors (Lipinski definition) is 1. The zero-order valence-electron chi connectivity index (χ0n) is 5.98. The second-order valence-electron chi connectivity index (χ2n) is 2.29. The van der Waals surface area contributed by atoms with Crippen LogP contribution in [0, 0.1) is 0 Å². The Bertz CT molecular complexity index is 248. The maximum atomic E-state index is 5.42. The van der Waals surface area contributed by atoms with Gasteiger partial charge in [0.05, 0.1) is 0 Å². The van der Waals surface area contributed by atoms with Crippen molar-refractivity contribution in [3.63, 3.8) is 0 Å². The van der Waals surface area contributed by atoms with Gasteiger partial charge in [0.25, 0.3) is 0 Å². The first-order valence-corrected chi connectivity index (χ1v) is 4.96. The molecule has 2 N–H and O–H groups in total. The molecule has 0 aromatic heterocycles. The number of hydrogen-bond acceptors (Lipinski definition) is 1. The number of nitrogens with two attached hydrogens (primary N) is 1. The molecule has 1 aromatic carbocycles. The van der Waals surface area contributed by atoms with Gasteiger partial charge in [-0.15, -0.1) is 0 Å². The third kappa shape index (κ3) is 2.58. The molecule has 1 aromatic rings. The number of rotatable bonds is 2. The van der Waals surface area contributed by atoms with Gasteiger partial charge in [0, 0.05) is 8.95 Å². The summed E-state index contributed by atoms with van der Waals surface area (Å²) in [6, 6.07) is 6.17. The van der Waals surface area contributed by atoms with E-state index in [0.29, 0.717) is 6.54 Å². The fourth-order valence-electron chi connectivity index (χ4n) is 0.862. The molecule has 0 unspecified atom stereocenters. The lowest BCUT2D eigenvalue weighted by molar-refractivity contribution is 0.967. The van der Waals surface area contributed by atoms with Crippen LogP contribution in [0.1, 0.15) is 5.56 Å². The molecule has 3 heteroatoms. The van der Waals surface area contributed by atoms with Crippen LogP contribution < -0.4 is 5.73 Å². The Balaban J connectivity index is 2.86. The van der Waals surface area contributed by atoms with Gasteiger partial charge >= 0.3 is 0 Å². The maximum Gasteiger partial charge on any atom is 0.0320 e. The van der Waals surface area contributed by atoms with E-state index in [1.54, 1.807) is 0 Å². The number of halogens is 2. The Morgan fingerprint density at radius 2 is 1.91 bits per heavy atom. The highest BCUT2D eigenvalue weighted by Crippen LogP contribution is 2.23. The minimum atomic E-state index is 0.702. The molecule has 1 nitrogen and oxygen atoms in total. The molecule has 0 saturated carbocycles. The molecule has 60 valence electrons. The van der Waals surface area contributed by atoms with Gasteiger partial charge in [-0.1, -0.05) is 6.07 Å². The Labute approximate surface area is 83.2 Å². The minimum Gasteiger partial charge on any atom is -0.330 e. The summed E-state index contributed by atoms with van der Waals surface area (Å²) in [7, 11) is 0. The molecule has 0 heterocycles. The molecule has 0 aliphatic carbocycles. The van der Waals surface area contributed by atoms with Crippen molar-refractivity contribution in [1.82, 2.24) is 0 Å². The van der Waals surface area contributed by atoms with Crippen LogP contribution in [0.5, 0.6) is 0 Å². The summed E-state index contributed by atoms with van der Waals surface area (Å²) in [4.78, 5) is 0. The lowest BCUT2D eigenvalue weighted by Crippen LogP contribution is -2.02. The van der Waals surface area contributed by atoms with Gasteiger partial charge in [-0.25, -0.2) is 0 Å². The van der Waals surface area contributed by atoms with Gasteiger partial charge in [0.1, 0.15) is 0 Å². The van der Waals surface area contributed by atoms with Crippen LogP contribution in [0.3, 0.4) is 0 Å². The molecular formula is C8H9Br2N. The molecule has 0 saturated heterocycles. The summed E-state index contributed by atoms with van der Waals surface area (Å²) in [6.45, 7) is 0.702. The van der Waals surface area contributed by atoms with E-state index in [1.807, 2.05) is 6.07 Å². The molecule has 0 fully saturated rings. The summed E-state index contributed by atoms with van der Waals surface area (Å²) in [5, 5.41) is 0. The predicted molar refractivity (Wildman–Crippen MR) is 54.6 cm³/mol. The van der Waals surface area contributed by atoms with E-state index in [9.17, 15) is 0 Å². The standard InChI is InChI=1S/C8H9Br2N/c9-7-2-1-6(3-4-11)5-8(7)10/h1-2,5H,3-4,11H2. The van der Waals surface area contributed by atoms with E-state index in [1.165, 1.54) is 5.56 Å². The second-order valence-corrected chi connectivity index (χ2v) is 4.00. The predicted octanol–water partition coefficient (Wildman–Crippen LogP) is 2.71. The first kappa shape index (κ1) is 9.23. The molecule has 0 atom stereocenters. The SMILES string of the molecule is NCCc1ccc(Br)c(Br)c1. The molecule has 0 radical (unpaired) electrons. The Hall–Kier alpha value is 0.140. The normalized spacial score (nSPS) is 10.1. The highest BCUT2D eigenvalue weighted by atomic mass is 79.9. The number of benzene rings is 1. The fraction of sp³-hybridized carbons (Fsp3) is 0.250. The fourth-order valence-corrected chi connectivity index (χ4v) is 1.53. The van der Waals surface area contributed by atoms with Crippen molar-refractivity contribution in [2.75, 3.05) is 6.54 Å². The summed E-state index contributed by atoms with van der Waals surface area (Å²) in [5.41, 5.74) is 6.69. The van der Waals surface area contributed by atoms with Gasteiger partial charge < -0.3 is 5.73 Å². The van der Waals surface area contributed by atoms with Crippen molar-refractivity contribution in [3.8, 4) is 0 Å². The Morgan fingerprint density at radius 3 is 2.45 bits per heavy atom. The van der Waals surface area contributed by atoms with Crippen LogP contribution in [-0.2, 0) is 6.42 Å². The largest absolute Gasteiger partial charge is 0.330 e.